The molecule has 5 heteroatoms. The number of amides is 1. The molecule has 0 aromatic heterocycles. The standard InChI is InChI=1S/C19H22N2O2S/c1-21(17-10-11-17)19(22)13-20-16-7-5-6-15(12-16)14-24(23)18-8-3-2-4-9-18/h2-9,12,17,20H,10-11,13-14H2,1H3/t24-/m1/s1. The Bertz CT molecular complexity index is 729. The van der Waals surface area contributed by atoms with Gasteiger partial charge in [0.05, 0.1) is 23.1 Å². The lowest BCUT2D eigenvalue weighted by Crippen LogP contribution is -2.33. The maximum absolute atomic E-state index is 12.4. The molecular weight excluding hydrogens is 320 g/mol. The van der Waals surface area contributed by atoms with Crippen molar-refractivity contribution in [1.29, 1.82) is 0 Å². The Kier molecular flexibility index (Phi) is 5.30. The summed E-state index contributed by atoms with van der Waals surface area (Å²) in [6.45, 7) is 0.290. The molecule has 126 valence electrons. The van der Waals surface area contributed by atoms with Crippen LogP contribution >= 0.6 is 0 Å². The van der Waals surface area contributed by atoms with Gasteiger partial charge in [0.2, 0.25) is 5.91 Å². The van der Waals surface area contributed by atoms with E-state index < -0.39 is 10.8 Å². The van der Waals surface area contributed by atoms with Crippen LogP contribution in [0.25, 0.3) is 0 Å². The van der Waals surface area contributed by atoms with Crippen LogP contribution in [0.5, 0.6) is 0 Å². The molecule has 2 aromatic rings. The van der Waals surface area contributed by atoms with Gasteiger partial charge >= 0.3 is 0 Å². The Morgan fingerprint density at radius 1 is 1.17 bits per heavy atom. The van der Waals surface area contributed by atoms with Crippen molar-refractivity contribution in [2.45, 2.75) is 29.5 Å². The summed E-state index contributed by atoms with van der Waals surface area (Å²) in [5.41, 5.74) is 1.88. The zero-order chi connectivity index (χ0) is 16.9. The van der Waals surface area contributed by atoms with Crippen LogP contribution in [0.3, 0.4) is 0 Å². The van der Waals surface area contributed by atoms with Crippen LogP contribution in [-0.2, 0) is 21.3 Å². The maximum Gasteiger partial charge on any atom is 0.241 e. The molecule has 1 atom stereocenters. The number of nitrogens with one attached hydrogen (secondary N) is 1. The van der Waals surface area contributed by atoms with Crippen molar-refractivity contribution >= 4 is 22.4 Å². The van der Waals surface area contributed by atoms with Crippen LogP contribution in [0.1, 0.15) is 18.4 Å². The molecule has 1 N–H and O–H groups in total. The number of benzene rings is 2. The number of anilines is 1. The Hall–Kier alpha value is -2.14. The lowest BCUT2D eigenvalue weighted by Gasteiger charge is -2.17. The van der Waals surface area contributed by atoms with E-state index in [9.17, 15) is 9.00 Å². The SMILES string of the molecule is CN(C(=O)CNc1cccc(C[S@@](=O)c2ccccc2)c1)C1CC1. The number of likely N-dealkylation sites (N-methyl/N-ethyl adjacent to an activating group) is 1. The summed E-state index contributed by atoms with van der Waals surface area (Å²) in [7, 11) is 0.799. The number of rotatable bonds is 7. The van der Waals surface area contributed by atoms with Crippen LogP contribution < -0.4 is 5.32 Å². The van der Waals surface area contributed by atoms with Crippen molar-refractivity contribution in [3.8, 4) is 0 Å². The van der Waals surface area contributed by atoms with Crippen LogP contribution in [0.15, 0.2) is 59.5 Å². The highest BCUT2D eigenvalue weighted by molar-refractivity contribution is 7.84. The molecule has 1 aliphatic rings. The molecule has 1 saturated carbocycles. The largest absolute Gasteiger partial charge is 0.376 e. The maximum atomic E-state index is 12.4. The number of nitrogens with zero attached hydrogens (tertiary/aromatic N) is 1. The van der Waals surface area contributed by atoms with Crippen molar-refractivity contribution in [2.24, 2.45) is 0 Å². The average Bonchev–Trinajstić information content (AvgIpc) is 3.45. The lowest BCUT2D eigenvalue weighted by molar-refractivity contribution is -0.128. The Morgan fingerprint density at radius 2 is 1.92 bits per heavy atom. The zero-order valence-electron chi connectivity index (χ0n) is 13.8. The van der Waals surface area contributed by atoms with Gasteiger partial charge in [-0.2, -0.15) is 0 Å². The van der Waals surface area contributed by atoms with Crippen molar-refractivity contribution in [3.63, 3.8) is 0 Å². The van der Waals surface area contributed by atoms with Gasteiger partial charge in [0.1, 0.15) is 0 Å². The van der Waals surface area contributed by atoms with E-state index >= 15 is 0 Å². The molecule has 2 aromatic carbocycles. The molecule has 1 aliphatic carbocycles. The number of hydrogen-bond donors (Lipinski definition) is 1. The second kappa shape index (κ2) is 7.62. The smallest absolute Gasteiger partial charge is 0.241 e. The Balaban J connectivity index is 1.57. The van der Waals surface area contributed by atoms with Gasteiger partial charge in [-0.15, -0.1) is 0 Å². The van der Waals surface area contributed by atoms with Gasteiger partial charge in [-0.1, -0.05) is 30.3 Å². The molecule has 0 aliphatic heterocycles. The molecule has 0 bridgehead atoms. The first-order chi connectivity index (χ1) is 11.6. The van der Waals surface area contributed by atoms with E-state index in [1.54, 1.807) is 0 Å². The highest BCUT2D eigenvalue weighted by Crippen LogP contribution is 2.25. The first kappa shape index (κ1) is 16.7. The number of carbonyl (C=O) groups is 1. The van der Waals surface area contributed by atoms with Crippen molar-refractivity contribution in [2.75, 3.05) is 18.9 Å². The third-order valence-electron chi connectivity index (χ3n) is 4.16. The third-order valence-corrected chi connectivity index (χ3v) is 5.56. The average molecular weight is 342 g/mol. The topological polar surface area (TPSA) is 49.4 Å². The molecule has 0 spiro atoms. The van der Waals surface area contributed by atoms with E-state index in [1.165, 1.54) is 0 Å². The molecular formula is C19H22N2O2S. The van der Waals surface area contributed by atoms with Crippen LogP contribution in [0.2, 0.25) is 0 Å². The summed E-state index contributed by atoms with van der Waals surface area (Å²) in [6, 6.07) is 17.7. The first-order valence-electron chi connectivity index (χ1n) is 8.15. The monoisotopic (exact) mass is 342 g/mol. The fraction of sp³-hybridized carbons (Fsp3) is 0.316. The zero-order valence-corrected chi connectivity index (χ0v) is 14.6. The van der Waals surface area contributed by atoms with E-state index in [0.29, 0.717) is 11.8 Å². The normalized spacial score (nSPS) is 14.9. The molecule has 1 fully saturated rings. The molecule has 0 unspecified atom stereocenters. The second-order valence-electron chi connectivity index (χ2n) is 6.09. The fourth-order valence-corrected chi connectivity index (χ4v) is 3.66. The van der Waals surface area contributed by atoms with Gasteiger partial charge in [0, 0.05) is 23.7 Å². The molecule has 24 heavy (non-hydrogen) atoms. The predicted octanol–water partition coefficient (Wildman–Crippen LogP) is 3.03. The minimum absolute atomic E-state index is 0.107. The van der Waals surface area contributed by atoms with Crippen LogP contribution in [0, 0.1) is 0 Å². The molecule has 0 saturated heterocycles. The van der Waals surface area contributed by atoms with E-state index in [-0.39, 0.29) is 12.5 Å². The first-order valence-corrected chi connectivity index (χ1v) is 9.47. The van der Waals surface area contributed by atoms with Crippen LogP contribution in [0.4, 0.5) is 5.69 Å². The Morgan fingerprint density at radius 3 is 2.62 bits per heavy atom. The molecule has 1 amide bonds. The number of hydrogen-bond acceptors (Lipinski definition) is 3. The lowest BCUT2D eigenvalue weighted by atomic mass is 10.2. The highest BCUT2D eigenvalue weighted by atomic mass is 32.2. The van der Waals surface area contributed by atoms with E-state index in [2.05, 4.69) is 5.32 Å². The second-order valence-corrected chi connectivity index (χ2v) is 7.54. The highest BCUT2D eigenvalue weighted by Gasteiger charge is 2.29. The third kappa shape index (κ3) is 4.45. The van der Waals surface area contributed by atoms with Crippen molar-refractivity contribution in [3.05, 3.63) is 60.2 Å². The minimum atomic E-state index is -1.06. The minimum Gasteiger partial charge on any atom is -0.376 e. The molecule has 0 heterocycles. The van der Waals surface area contributed by atoms with Crippen molar-refractivity contribution < 1.29 is 9.00 Å². The number of carbonyl (C=O) groups excluding carboxylic acids is 1. The van der Waals surface area contributed by atoms with Gasteiger partial charge < -0.3 is 10.2 Å². The van der Waals surface area contributed by atoms with Crippen molar-refractivity contribution in [1.82, 2.24) is 4.90 Å². The molecule has 3 rings (SSSR count). The summed E-state index contributed by atoms with van der Waals surface area (Å²) >= 11 is 0. The van der Waals surface area contributed by atoms with E-state index in [0.717, 1.165) is 29.0 Å². The van der Waals surface area contributed by atoms with Gasteiger partial charge in [0.25, 0.3) is 0 Å². The fourth-order valence-electron chi connectivity index (χ4n) is 2.55. The summed E-state index contributed by atoms with van der Waals surface area (Å²) < 4.78 is 12.4. The van der Waals surface area contributed by atoms with Gasteiger partial charge in [-0.25, -0.2) is 0 Å². The molecule has 0 radical (unpaired) electrons. The summed E-state index contributed by atoms with van der Waals surface area (Å²) in [6.07, 6.45) is 2.23. The van der Waals surface area contributed by atoms with E-state index in [4.69, 9.17) is 0 Å². The summed E-state index contributed by atoms with van der Waals surface area (Å²) in [5.74, 6) is 0.575. The Labute approximate surface area is 145 Å². The van der Waals surface area contributed by atoms with Gasteiger partial charge in [0.15, 0.2) is 0 Å². The van der Waals surface area contributed by atoms with E-state index in [1.807, 2.05) is 66.5 Å². The quantitative estimate of drug-likeness (QED) is 0.841. The van der Waals surface area contributed by atoms with Gasteiger partial charge in [-0.05, 0) is 42.7 Å². The summed E-state index contributed by atoms with van der Waals surface area (Å²) in [4.78, 5) is 14.7. The predicted molar refractivity (Wildman–Crippen MR) is 97.3 cm³/mol. The summed E-state index contributed by atoms with van der Waals surface area (Å²) in [5, 5.41) is 3.17. The van der Waals surface area contributed by atoms with Crippen LogP contribution in [-0.4, -0.2) is 34.7 Å². The molecule has 4 nitrogen and oxygen atoms in total. The van der Waals surface area contributed by atoms with Gasteiger partial charge in [-0.3, -0.25) is 9.00 Å².